The number of nitrogens with zero attached hydrogens (tertiary/aromatic N) is 2. The Morgan fingerprint density at radius 3 is 2.79 bits per heavy atom. The Balaban J connectivity index is 2.23. The molecule has 0 aromatic heterocycles. The minimum atomic E-state index is -2.35. The van der Waals surface area contributed by atoms with Crippen molar-refractivity contribution in [2.24, 2.45) is 5.16 Å². The summed E-state index contributed by atoms with van der Waals surface area (Å²) in [5.74, 6) is 0.300. The van der Waals surface area contributed by atoms with Crippen LogP contribution in [0.2, 0.25) is 0 Å². The Kier molecular flexibility index (Phi) is 7.66. The van der Waals surface area contributed by atoms with Crippen molar-refractivity contribution in [3.63, 3.8) is 0 Å². The first kappa shape index (κ1) is 17.2. The standard InChI is InChI=1S/C8H16N3O4PS3/c1-7(18-3)10-15-8(12)9-6-19-11(2)16(17)13-4-5-14-16/h4-6H2,1-3H3,(H,9,12)/b10-7+. The number of oxime groups is 1. The predicted octanol–water partition coefficient (Wildman–Crippen LogP) is 2.22. The summed E-state index contributed by atoms with van der Waals surface area (Å²) in [6.07, 6.45) is 1.23. The second kappa shape index (κ2) is 8.46. The molecule has 1 saturated heterocycles. The monoisotopic (exact) mass is 345 g/mol. The fourth-order valence-corrected chi connectivity index (χ4v) is 4.32. The van der Waals surface area contributed by atoms with Gasteiger partial charge in [-0.1, -0.05) is 5.16 Å². The molecule has 7 nitrogen and oxygen atoms in total. The Hall–Kier alpha value is 0.170. The highest BCUT2D eigenvalue weighted by molar-refractivity contribution is 8.15. The molecule has 1 heterocycles. The molecule has 110 valence electrons. The van der Waals surface area contributed by atoms with E-state index in [4.69, 9.17) is 20.9 Å². The van der Waals surface area contributed by atoms with Gasteiger partial charge in [-0.3, -0.25) is 4.84 Å². The third kappa shape index (κ3) is 5.99. The third-order valence-electron chi connectivity index (χ3n) is 1.96. The molecule has 1 fully saturated rings. The largest absolute Gasteiger partial charge is 0.434 e. The molecular formula is C8H16N3O4PS3. The first-order chi connectivity index (χ1) is 8.98. The van der Waals surface area contributed by atoms with Gasteiger partial charge in [0, 0.05) is 7.05 Å². The van der Waals surface area contributed by atoms with Crippen LogP contribution in [0.3, 0.4) is 0 Å². The Labute approximate surface area is 126 Å². The van der Waals surface area contributed by atoms with E-state index >= 15 is 0 Å². The maximum atomic E-state index is 11.3. The average Bonchev–Trinajstić information content (AvgIpc) is 2.84. The zero-order valence-corrected chi connectivity index (χ0v) is 14.2. The maximum Gasteiger partial charge on any atom is 0.434 e. The zero-order chi connectivity index (χ0) is 14.3. The zero-order valence-electron chi connectivity index (χ0n) is 10.8. The van der Waals surface area contributed by atoms with Gasteiger partial charge in [0.25, 0.3) is 6.64 Å². The lowest BCUT2D eigenvalue weighted by atomic mass is 10.8. The molecule has 1 aliphatic heterocycles. The Bertz CT molecular complexity index is 385. The van der Waals surface area contributed by atoms with Crippen molar-refractivity contribution in [2.75, 3.05) is 32.4 Å². The predicted molar refractivity (Wildman–Crippen MR) is 82.7 cm³/mol. The van der Waals surface area contributed by atoms with Crippen molar-refractivity contribution in [1.29, 1.82) is 0 Å². The molecule has 0 radical (unpaired) electrons. The van der Waals surface area contributed by atoms with E-state index in [1.54, 1.807) is 18.0 Å². The summed E-state index contributed by atoms with van der Waals surface area (Å²) in [6.45, 7) is 0.429. The average molecular weight is 345 g/mol. The number of hydrogen-bond acceptors (Lipinski definition) is 8. The lowest BCUT2D eigenvalue weighted by Gasteiger charge is -2.23. The second-order valence-corrected chi connectivity index (χ2v) is 9.04. The maximum absolute atomic E-state index is 11.3. The summed E-state index contributed by atoms with van der Waals surface area (Å²) in [5, 5.41) is 6.82. The topological polar surface area (TPSA) is 72.4 Å². The van der Waals surface area contributed by atoms with Gasteiger partial charge in [0.1, 0.15) is 5.04 Å². The first-order valence-corrected chi connectivity index (χ1v) is 10.0. The molecule has 0 saturated carbocycles. The lowest BCUT2D eigenvalue weighted by Crippen LogP contribution is -2.24. The number of carbonyl (C=O) groups is 1. The first-order valence-electron chi connectivity index (χ1n) is 5.27. The number of carbonyl (C=O) groups excluding carboxylic acids is 1. The summed E-state index contributed by atoms with van der Waals surface area (Å²) in [6, 6.07) is 0. The van der Waals surface area contributed by atoms with Crippen molar-refractivity contribution in [3.8, 4) is 0 Å². The molecule has 11 heteroatoms. The summed E-state index contributed by atoms with van der Waals surface area (Å²) >= 11 is 7.98. The molecule has 0 aliphatic carbocycles. The van der Waals surface area contributed by atoms with E-state index in [0.717, 1.165) is 0 Å². The van der Waals surface area contributed by atoms with Crippen LogP contribution in [-0.4, -0.2) is 47.6 Å². The Morgan fingerprint density at radius 1 is 1.58 bits per heavy atom. The molecule has 0 aromatic carbocycles. The summed E-state index contributed by atoms with van der Waals surface area (Å²) in [4.78, 5) is 15.9. The molecule has 0 bridgehead atoms. The second-order valence-electron chi connectivity index (χ2n) is 3.24. The molecule has 19 heavy (non-hydrogen) atoms. The van der Waals surface area contributed by atoms with E-state index in [2.05, 4.69) is 15.3 Å². The van der Waals surface area contributed by atoms with Crippen molar-refractivity contribution < 1.29 is 18.7 Å². The Morgan fingerprint density at radius 2 is 2.21 bits per heavy atom. The molecular weight excluding hydrogens is 329 g/mol. The molecule has 0 spiro atoms. The van der Waals surface area contributed by atoms with Gasteiger partial charge < -0.3 is 14.4 Å². The highest BCUT2D eigenvalue weighted by Gasteiger charge is 2.30. The van der Waals surface area contributed by atoms with Crippen LogP contribution in [0.15, 0.2) is 5.16 Å². The number of nitrogens with one attached hydrogen (secondary N) is 1. The van der Waals surface area contributed by atoms with Crippen molar-refractivity contribution in [3.05, 3.63) is 0 Å². The molecule has 1 rings (SSSR count). The van der Waals surface area contributed by atoms with E-state index in [1.807, 2.05) is 6.26 Å². The van der Waals surface area contributed by atoms with E-state index in [9.17, 15) is 4.79 Å². The van der Waals surface area contributed by atoms with Crippen LogP contribution in [0, 0.1) is 0 Å². The molecule has 1 aliphatic rings. The number of rotatable bonds is 5. The smallest absolute Gasteiger partial charge is 0.315 e. The molecule has 1 N–H and O–H groups in total. The van der Waals surface area contributed by atoms with Crippen LogP contribution in [0.4, 0.5) is 4.79 Å². The van der Waals surface area contributed by atoms with Gasteiger partial charge in [0.05, 0.1) is 19.1 Å². The fraction of sp³-hybridized carbons (Fsp3) is 0.750. The van der Waals surface area contributed by atoms with Crippen LogP contribution in [0.1, 0.15) is 6.92 Å². The minimum Gasteiger partial charge on any atom is -0.315 e. The quantitative estimate of drug-likeness (QED) is 0.155. The fourth-order valence-electron chi connectivity index (χ4n) is 0.936. The van der Waals surface area contributed by atoms with Crippen LogP contribution in [0.25, 0.3) is 0 Å². The van der Waals surface area contributed by atoms with Gasteiger partial charge in [-0.05, 0) is 36.9 Å². The van der Waals surface area contributed by atoms with Crippen LogP contribution < -0.4 is 5.32 Å². The molecule has 0 atom stereocenters. The summed E-state index contributed by atoms with van der Waals surface area (Å²) in [5.41, 5.74) is 0. The molecule has 1 amide bonds. The number of thioether (sulfide) groups is 1. The molecule has 0 aromatic rings. The third-order valence-corrected chi connectivity index (χ3v) is 7.65. The minimum absolute atomic E-state index is 0.300. The molecule has 0 unspecified atom stereocenters. The lowest BCUT2D eigenvalue weighted by molar-refractivity contribution is 0.153. The summed E-state index contributed by atoms with van der Waals surface area (Å²) in [7, 11) is 1.78. The van der Waals surface area contributed by atoms with Crippen LogP contribution >= 0.6 is 30.4 Å². The van der Waals surface area contributed by atoms with E-state index in [0.29, 0.717) is 24.1 Å². The number of amides is 1. The number of hydrogen-bond donors (Lipinski definition) is 1. The van der Waals surface area contributed by atoms with E-state index in [-0.39, 0.29) is 0 Å². The van der Waals surface area contributed by atoms with Gasteiger partial charge in [-0.2, -0.15) is 4.08 Å². The highest BCUT2D eigenvalue weighted by atomic mass is 32.5. The van der Waals surface area contributed by atoms with Crippen molar-refractivity contribution >= 4 is 53.3 Å². The van der Waals surface area contributed by atoms with Gasteiger partial charge in [-0.15, -0.1) is 11.8 Å². The van der Waals surface area contributed by atoms with Gasteiger partial charge >= 0.3 is 6.09 Å². The van der Waals surface area contributed by atoms with Gasteiger partial charge in [0.15, 0.2) is 0 Å². The van der Waals surface area contributed by atoms with E-state index in [1.165, 1.54) is 23.7 Å². The normalized spacial score (nSPS) is 18.6. The van der Waals surface area contributed by atoms with Crippen LogP contribution in [0.5, 0.6) is 0 Å². The van der Waals surface area contributed by atoms with Crippen molar-refractivity contribution in [2.45, 2.75) is 6.92 Å². The van der Waals surface area contributed by atoms with Gasteiger partial charge in [-0.25, -0.2) is 4.79 Å². The summed E-state index contributed by atoms with van der Waals surface area (Å²) < 4.78 is 12.5. The highest BCUT2D eigenvalue weighted by Crippen LogP contribution is 2.57. The SMILES string of the molecule is CS/C(C)=N/OC(=O)NCSN(C)P1(=S)OCCO1. The van der Waals surface area contributed by atoms with E-state index < -0.39 is 12.7 Å². The van der Waals surface area contributed by atoms with Crippen molar-refractivity contribution in [1.82, 2.24) is 9.39 Å². The van der Waals surface area contributed by atoms with Gasteiger partial charge in [0.2, 0.25) is 0 Å². The van der Waals surface area contributed by atoms with Crippen LogP contribution in [-0.2, 0) is 25.7 Å².